The predicted octanol–water partition coefficient (Wildman–Crippen LogP) is 15.5. The quantitative estimate of drug-likeness (QED) is 0.161. The molecule has 60 heavy (non-hydrogen) atoms. The lowest BCUT2D eigenvalue weighted by atomic mass is 9.74. The average Bonchev–Trinajstić information content (AvgIpc) is 3.90. The Morgan fingerprint density at radius 2 is 0.800 bits per heavy atom. The number of hydrogen-bond donors (Lipinski definition) is 0. The summed E-state index contributed by atoms with van der Waals surface area (Å²) in [5.74, 6) is 0.274. The molecule has 11 aromatic rings. The maximum atomic E-state index is 8.98. The molecule has 0 fully saturated rings. The van der Waals surface area contributed by atoms with Crippen LogP contribution in [0.25, 0.3) is 106 Å². The van der Waals surface area contributed by atoms with Gasteiger partial charge in [0.05, 0.1) is 11.0 Å². The minimum Gasteiger partial charge on any atom is -0.423 e. The molecule has 0 N–H and O–H groups in total. The summed E-state index contributed by atoms with van der Waals surface area (Å²) in [4.78, 5) is 4.97. The molecule has 0 aliphatic rings. The van der Waals surface area contributed by atoms with Crippen molar-refractivity contribution in [2.24, 2.45) is 0 Å². The van der Waals surface area contributed by atoms with Gasteiger partial charge in [-0.3, -0.25) is 4.40 Å². The van der Waals surface area contributed by atoms with Crippen molar-refractivity contribution in [3.05, 3.63) is 217 Å². The van der Waals surface area contributed by atoms with Gasteiger partial charge in [-0.2, -0.15) is 4.98 Å². The summed E-state index contributed by atoms with van der Waals surface area (Å²) in [6, 6.07) is 68.2. The molecule has 11 rings (SSSR count). The predicted molar refractivity (Wildman–Crippen MR) is 250 cm³/mol. The molecule has 0 saturated heterocycles. The largest absolute Gasteiger partial charge is 0.423 e. The highest BCUT2D eigenvalue weighted by Crippen LogP contribution is 2.56. The molecule has 0 atom stereocenters. The number of fused-ring (bicyclic) bond motifs is 5. The van der Waals surface area contributed by atoms with E-state index in [1.807, 2.05) is 95.4 Å². The Hall–Kier alpha value is -7.75. The number of aryl methyl sites for hydroxylation is 2. The van der Waals surface area contributed by atoms with Gasteiger partial charge >= 0.3 is 5.84 Å². The van der Waals surface area contributed by atoms with Crippen LogP contribution in [0, 0.1) is 13.7 Å². The molecule has 2 heterocycles. The van der Waals surface area contributed by atoms with Crippen LogP contribution in [0.5, 0.6) is 0 Å². The van der Waals surface area contributed by atoms with Crippen molar-refractivity contribution < 1.29 is 12.6 Å². The molecule has 0 aliphatic carbocycles. The fraction of sp³-hybridized carbons (Fsp3) is 0.0351. The molecule has 0 aliphatic heterocycles. The molecular weight excluding hydrogens is 729 g/mol. The number of nitrogens with zero attached hydrogens (tertiary/aromatic N) is 2. The van der Waals surface area contributed by atoms with Gasteiger partial charge in [-0.1, -0.05) is 182 Å². The number of hydrogen-bond acceptors (Lipinski definition) is 2. The van der Waals surface area contributed by atoms with E-state index in [1.54, 1.807) is 18.2 Å². The number of rotatable bonds is 7. The van der Waals surface area contributed by atoms with E-state index in [4.69, 9.17) is 17.6 Å². The fourth-order valence-electron chi connectivity index (χ4n) is 8.94. The van der Waals surface area contributed by atoms with E-state index >= 15 is 0 Å². The zero-order valence-electron chi connectivity index (χ0n) is 38.4. The average molecular weight is 775 g/mol. The van der Waals surface area contributed by atoms with Crippen molar-refractivity contribution in [1.82, 2.24) is 9.38 Å². The summed E-state index contributed by atoms with van der Waals surface area (Å²) in [7, 11) is 0. The first-order chi connectivity index (χ1) is 32.1. The first-order valence-electron chi connectivity index (χ1n) is 23.1. The molecule has 3 heteroatoms. The van der Waals surface area contributed by atoms with E-state index in [9.17, 15) is 0 Å². The van der Waals surface area contributed by atoms with Crippen molar-refractivity contribution >= 4 is 28.0 Å². The molecule has 0 amide bonds. The topological polar surface area (TPSA) is 30.4 Å². The van der Waals surface area contributed by atoms with Crippen LogP contribution >= 0.6 is 0 Å². The fourth-order valence-corrected chi connectivity index (χ4v) is 8.94. The Balaban J connectivity index is 1.37. The molecule has 0 bridgehead atoms. The lowest BCUT2D eigenvalue weighted by Gasteiger charge is -2.29. The summed E-state index contributed by atoms with van der Waals surface area (Å²) in [5, 5.41) is 0. The van der Waals surface area contributed by atoms with Gasteiger partial charge in [0.1, 0.15) is 5.52 Å². The molecule has 3 nitrogen and oxygen atoms in total. The second-order valence-corrected chi connectivity index (χ2v) is 15.0. The van der Waals surface area contributed by atoms with Crippen LogP contribution in [0.2, 0.25) is 0 Å². The molecule has 0 unspecified atom stereocenters. The van der Waals surface area contributed by atoms with Crippen LogP contribution in [0.4, 0.5) is 0 Å². The van der Waals surface area contributed by atoms with Crippen LogP contribution in [0.3, 0.4) is 0 Å². The van der Waals surface area contributed by atoms with Gasteiger partial charge in [0, 0.05) is 13.8 Å². The summed E-state index contributed by atoms with van der Waals surface area (Å²) >= 11 is 0. The van der Waals surface area contributed by atoms with Gasteiger partial charge in [0.15, 0.2) is 5.58 Å². The van der Waals surface area contributed by atoms with E-state index in [2.05, 4.69) is 97.1 Å². The van der Waals surface area contributed by atoms with E-state index < -0.39 is 13.7 Å². The normalized spacial score (nSPS) is 13.4. The van der Waals surface area contributed by atoms with Gasteiger partial charge in [0.25, 0.3) is 0 Å². The van der Waals surface area contributed by atoms with Crippen LogP contribution in [-0.4, -0.2) is 9.38 Å². The third-order valence-corrected chi connectivity index (χ3v) is 11.5. The van der Waals surface area contributed by atoms with Gasteiger partial charge in [-0.15, -0.1) is 0 Å². The van der Waals surface area contributed by atoms with Crippen molar-refractivity contribution in [1.29, 1.82) is 0 Å². The number of oxazole rings is 1. The molecule has 284 valence electrons. The van der Waals surface area contributed by atoms with Gasteiger partial charge in [-0.25, -0.2) is 0 Å². The van der Waals surface area contributed by atoms with Gasteiger partial charge in [0.2, 0.25) is 0 Å². The smallest absolute Gasteiger partial charge is 0.307 e. The van der Waals surface area contributed by atoms with Crippen LogP contribution < -0.4 is 0 Å². The Labute approximate surface area is 357 Å². The summed E-state index contributed by atoms with van der Waals surface area (Å²) in [6.07, 6.45) is 0. The van der Waals surface area contributed by atoms with E-state index in [0.717, 1.165) is 66.7 Å². The summed E-state index contributed by atoms with van der Waals surface area (Å²) in [5.41, 5.74) is 14.2. The summed E-state index contributed by atoms with van der Waals surface area (Å²) in [6.45, 7) is -5.28. The van der Waals surface area contributed by atoms with Crippen LogP contribution in [0.1, 0.15) is 19.4 Å². The molecule has 0 spiro atoms. The van der Waals surface area contributed by atoms with E-state index in [1.165, 1.54) is 0 Å². The molecule has 0 saturated carbocycles. The van der Waals surface area contributed by atoms with E-state index in [-0.39, 0.29) is 28.1 Å². The first kappa shape index (κ1) is 29.5. The maximum absolute atomic E-state index is 8.98. The third-order valence-electron chi connectivity index (χ3n) is 11.5. The number of benzene rings is 9. The lowest BCUT2D eigenvalue weighted by Crippen LogP contribution is -2.02. The zero-order chi connectivity index (χ0) is 45.2. The second kappa shape index (κ2) is 14.6. The maximum Gasteiger partial charge on any atom is 0.307 e. The Morgan fingerprint density at radius 1 is 0.383 bits per heavy atom. The minimum atomic E-state index is -2.64. The van der Waals surface area contributed by atoms with Crippen molar-refractivity contribution in [2.45, 2.75) is 13.7 Å². The molecule has 9 aromatic carbocycles. The van der Waals surface area contributed by atoms with Crippen LogP contribution in [-0.2, 0) is 0 Å². The summed E-state index contributed by atoms with van der Waals surface area (Å²) < 4.78 is 61.7. The number of para-hydroxylation sites is 2. The first-order valence-corrected chi connectivity index (χ1v) is 20.1. The van der Waals surface area contributed by atoms with Gasteiger partial charge in [-0.05, 0) is 121 Å². The highest BCUT2D eigenvalue weighted by atomic mass is 16.4. The molecule has 2 aromatic heterocycles. The molecular formula is C57H40N2O. The van der Waals surface area contributed by atoms with Gasteiger partial charge < -0.3 is 4.42 Å². The Morgan fingerprint density at radius 3 is 1.27 bits per heavy atom. The standard InChI is InChI=1S/C57H40N2O/c1-37-32-34-44(36-45(37)49-38(2)33-35-47-56(49)58-57-59(47)46-30-18-19-31-48(46)60-57)55-53(42-26-14-6-15-27-42)51(40-22-10-4-11-23-40)50(39-20-8-3-9-21-39)52(41-24-12-5-13-25-41)54(55)43-28-16-7-17-29-43/h3-36H,1-2H3/i1D3,2D3. The lowest BCUT2D eigenvalue weighted by molar-refractivity contribution is 0.643. The molecule has 0 radical (unpaired) electrons. The third kappa shape index (κ3) is 5.78. The Bertz CT molecular complexity index is 3480. The number of imidazole rings is 1. The highest BCUT2D eigenvalue weighted by molar-refractivity contribution is 6.15. The van der Waals surface area contributed by atoms with E-state index in [0.29, 0.717) is 22.2 Å². The van der Waals surface area contributed by atoms with Crippen LogP contribution in [0.15, 0.2) is 211 Å². The minimum absolute atomic E-state index is 0.00808. The van der Waals surface area contributed by atoms with Crippen molar-refractivity contribution in [2.75, 3.05) is 0 Å². The number of aromatic nitrogens is 2. The zero-order valence-corrected chi connectivity index (χ0v) is 32.4. The SMILES string of the molecule is [2H]C([2H])([2H])c1ccc(-c2c(-c3ccccc3)c(-c3ccccc3)c(-c3ccccc3)c(-c3ccccc3)c2-c2ccccc2)cc1-c1c(C([2H])([2H])[2H])ccc2c1nc1oc3ccccc3n12. The highest BCUT2D eigenvalue weighted by Gasteiger charge is 2.29. The van der Waals surface area contributed by atoms with Crippen molar-refractivity contribution in [3.8, 4) is 77.9 Å². The Kier molecular flexibility index (Phi) is 7.15. The monoisotopic (exact) mass is 774 g/mol. The van der Waals surface area contributed by atoms with Crippen molar-refractivity contribution in [3.63, 3.8) is 0 Å². The second-order valence-electron chi connectivity index (χ2n) is 15.0.